The van der Waals surface area contributed by atoms with Gasteiger partial charge < -0.3 is 9.64 Å². The van der Waals surface area contributed by atoms with Gasteiger partial charge >= 0.3 is 0 Å². The molecule has 0 saturated carbocycles. The highest BCUT2D eigenvalue weighted by atomic mass is 16.5. The van der Waals surface area contributed by atoms with E-state index in [4.69, 9.17) is 9.84 Å². The SMILES string of the molecule is CCc1ccc(C2CN(c3ccc4nnc(C(C)(C)C)n4n3)CCO2)cc1. The molecule has 1 aliphatic heterocycles. The van der Waals surface area contributed by atoms with Gasteiger partial charge in [-0.1, -0.05) is 52.0 Å². The lowest BCUT2D eigenvalue weighted by molar-refractivity contribution is 0.0394. The fourth-order valence-corrected chi connectivity index (χ4v) is 3.44. The lowest BCUT2D eigenvalue weighted by atomic mass is 9.96. The van der Waals surface area contributed by atoms with Crippen LogP contribution in [-0.2, 0) is 16.6 Å². The second-order valence-corrected chi connectivity index (χ2v) is 8.14. The van der Waals surface area contributed by atoms with Crippen LogP contribution in [-0.4, -0.2) is 39.5 Å². The number of nitrogens with zero attached hydrogens (tertiary/aromatic N) is 5. The van der Waals surface area contributed by atoms with Crippen molar-refractivity contribution in [3.05, 3.63) is 53.3 Å². The van der Waals surface area contributed by atoms with Gasteiger partial charge in [0.15, 0.2) is 11.5 Å². The number of morpholine rings is 1. The second kappa shape index (κ2) is 6.93. The first-order valence-electron chi connectivity index (χ1n) is 9.64. The molecule has 2 aromatic heterocycles. The van der Waals surface area contributed by atoms with E-state index < -0.39 is 0 Å². The molecule has 4 rings (SSSR count). The Morgan fingerprint density at radius 3 is 2.56 bits per heavy atom. The third-order valence-corrected chi connectivity index (χ3v) is 5.07. The average Bonchev–Trinajstić information content (AvgIpc) is 3.12. The standard InChI is InChI=1S/C21H27N5O/c1-5-15-6-8-16(9-7-15)17-14-25(12-13-27-17)19-11-10-18-22-23-20(21(2,3)4)26(18)24-19/h6-11,17H,5,12-14H2,1-4H3. The van der Waals surface area contributed by atoms with Gasteiger partial charge in [0.25, 0.3) is 0 Å². The monoisotopic (exact) mass is 365 g/mol. The maximum absolute atomic E-state index is 6.04. The van der Waals surface area contributed by atoms with Crippen LogP contribution in [0.15, 0.2) is 36.4 Å². The zero-order valence-electron chi connectivity index (χ0n) is 16.5. The largest absolute Gasteiger partial charge is 0.370 e. The molecule has 0 aliphatic carbocycles. The summed E-state index contributed by atoms with van der Waals surface area (Å²) in [4.78, 5) is 2.29. The fraction of sp³-hybridized carbons (Fsp3) is 0.476. The number of aryl methyl sites for hydroxylation is 1. The van der Waals surface area contributed by atoms with Gasteiger partial charge in [0.1, 0.15) is 11.9 Å². The van der Waals surface area contributed by atoms with Gasteiger partial charge in [-0.05, 0) is 29.7 Å². The maximum Gasteiger partial charge on any atom is 0.178 e. The van der Waals surface area contributed by atoms with E-state index in [1.165, 1.54) is 11.1 Å². The summed E-state index contributed by atoms with van der Waals surface area (Å²) in [5.74, 6) is 1.81. The Morgan fingerprint density at radius 2 is 1.85 bits per heavy atom. The topological polar surface area (TPSA) is 55.6 Å². The van der Waals surface area contributed by atoms with Crippen LogP contribution >= 0.6 is 0 Å². The molecule has 1 fully saturated rings. The van der Waals surface area contributed by atoms with Crippen LogP contribution in [0.4, 0.5) is 5.82 Å². The van der Waals surface area contributed by atoms with Crippen molar-refractivity contribution in [2.24, 2.45) is 0 Å². The molecule has 3 aromatic rings. The van der Waals surface area contributed by atoms with Crippen molar-refractivity contribution in [1.82, 2.24) is 19.8 Å². The molecule has 1 aliphatic rings. The summed E-state index contributed by atoms with van der Waals surface area (Å²) in [7, 11) is 0. The Kier molecular flexibility index (Phi) is 4.60. The second-order valence-electron chi connectivity index (χ2n) is 8.14. The minimum Gasteiger partial charge on any atom is -0.370 e. The van der Waals surface area contributed by atoms with E-state index in [9.17, 15) is 0 Å². The molecule has 3 heterocycles. The Hall–Kier alpha value is -2.47. The van der Waals surface area contributed by atoms with Crippen LogP contribution in [0.2, 0.25) is 0 Å². The smallest absolute Gasteiger partial charge is 0.178 e. The van der Waals surface area contributed by atoms with E-state index in [0.29, 0.717) is 6.61 Å². The predicted molar refractivity (Wildman–Crippen MR) is 106 cm³/mol. The molecule has 1 saturated heterocycles. The molecular weight excluding hydrogens is 338 g/mol. The Bertz CT molecular complexity index is 926. The van der Waals surface area contributed by atoms with E-state index >= 15 is 0 Å². The molecule has 6 nitrogen and oxygen atoms in total. The Morgan fingerprint density at radius 1 is 1.07 bits per heavy atom. The fourth-order valence-electron chi connectivity index (χ4n) is 3.44. The number of benzene rings is 1. The van der Waals surface area contributed by atoms with Crippen molar-refractivity contribution >= 4 is 11.5 Å². The Balaban J connectivity index is 1.60. The minimum absolute atomic E-state index is 0.0603. The van der Waals surface area contributed by atoms with Crippen LogP contribution in [0.5, 0.6) is 0 Å². The van der Waals surface area contributed by atoms with Crippen LogP contribution in [0, 0.1) is 0 Å². The highest BCUT2D eigenvalue weighted by Gasteiger charge is 2.25. The molecule has 142 valence electrons. The van der Waals surface area contributed by atoms with Crippen molar-refractivity contribution < 1.29 is 4.74 Å². The van der Waals surface area contributed by atoms with Crippen LogP contribution in [0.25, 0.3) is 5.65 Å². The van der Waals surface area contributed by atoms with Gasteiger partial charge in [0, 0.05) is 18.5 Å². The van der Waals surface area contributed by atoms with E-state index in [1.54, 1.807) is 0 Å². The van der Waals surface area contributed by atoms with Gasteiger partial charge in [-0.15, -0.1) is 15.3 Å². The predicted octanol–water partition coefficient (Wildman–Crippen LogP) is 3.56. The summed E-state index contributed by atoms with van der Waals surface area (Å²) in [5, 5.41) is 13.4. The van der Waals surface area contributed by atoms with Gasteiger partial charge in [0.05, 0.1) is 6.61 Å². The van der Waals surface area contributed by atoms with Crippen molar-refractivity contribution in [2.75, 3.05) is 24.6 Å². The van der Waals surface area contributed by atoms with Gasteiger partial charge in [-0.2, -0.15) is 4.52 Å². The molecule has 27 heavy (non-hydrogen) atoms. The van der Waals surface area contributed by atoms with E-state index in [-0.39, 0.29) is 11.5 Å². The number of ether oxygens (including phenoxy) is 1. The van der Waals surface area contributed by atoms with Gasteiger partial charge in [-0.3, -0.25) is 0 Å². The average molecular weight is 365 g/mol. The number of rotatable bonds is 3. The molecule has 1 unspecified atom stereocenters. The van der Waals surface area contributed by atoms with Gasteiger partial charge in [-0.25, -0.2) is 0 Å². The molecule has 6 heteroatoms. The quantitative estimate of drug-likeness (QED) is 0.710. The highest BCUT2D eigenvalue weighted by molar-refractivity contribution is 5.47. The first-order chi connectivity index (χ1) is 13.0. The summed E-state index contributed by atoms with van der Waals surface area (Å²) in [6.07, 6.45) is 1.11. The van der Waals surface area contributed by atoms with E-state index in [2.05, 4.69) is 67.1 Å². The van der Waals surface area contributed by atoms with Crippen molar-refractivity contribution in [3.8, 4) is 0 Å². The lowest BCUT2D eigenvalue weighted by Gasteiger charge is -2.34. The minimum atomic E-state index is -0.111. The summed E-state index contributed by atoms with van der Waals surface area (Å²) in [5.41, 5.74) is 3.24. The van der Waals surface area contributed by atoms with Crippen LogP contribution < -0.4 is 4.90 Å². The molecular formula is C21H27N5O. The normalized spacial score (nSPS) is 18.2. The number of fused-ring (bicyclic) bond motifs is 1. The van der Waals surface area contributed by atoms with Crippen LogP contribution in [0.3, 0.4) is 0 Å². The third-order valence-electron chi connectivity index (χ3n) is 5.07. The van der Waals surface area contributed by atoms with Crippen molar-refractivity contribution in [2.45, 2.75) is 45.6 Å². The van der Waals surface area contributed by atoms with Crippen LogP contribution in [0.1, 0.15) is 50.8 Å². The Labute approximate surface area is 160 Å². The lowest BCUT2D eigenvalue weighted by Crippen LogP contribution is -2.39. The summed E-state index contributed by atoms with van der Waals surface area (Å²) < 4.78 is 7.91. The number of hydrogen-bond donors (Lipinski definition) is 0. The third kappa shape index (κ3) is 3.54. The zero-order chi connectivity index (χ0) is 19.0. The van der Waals surface area contributed by atoms with E-state index in [0.717, 1.165) is 36.8 Å². The maximum atomic E-state index is 6.04. The summed E-state index contributed by atoms with van der Waals surface area (Å²) in [6.45, 7) is 10.9. The first kappa shape index (κ1) is 17.9. The summed E-state index contributed by atoms with van der Waals surface area (Å²) in [6, 6.07) is 12.8. The summed E-state index contributed by atoms with van der Waals surface area (Å²) >= 11 is 0. The number of hydrogen-bond acceptors (Lipinski definition) is 5. The van der Waals surface area contributed by atoms with Gasteiger partial charge in [0.2, 0.25) is 0 Å². The molecule has 0 amide bonds. The number of aromatic nitrogens is 4. The highest BCUT2D eigenvalue weighted by Crippen LogP contribution is 2.27. The molecule has 1 atom stereocenters. The molecule has 0 N–H and O–H groups in total. The zero-order valence-corrected chi connectivity index (χ0v) is 16.5. The molecule has 0 spiro atoms. The van der Waals surface area contributed by atoms with Crippen molar-refractivity contribution in [3.63, 3.8) is 0 Å². The van der Waals surface area contributed by atoms with E-state index in [1.807, 2.05) is 16.6 Å². The molecule has 0 bridgehead atoms. The molecule has 1 aromatic carbocycles. The first-order valence-corrected chi connectivity index (χ1v) is 9.64. The molecule has 0 radical (unpaired) electrons. The number of anilines is 1. The van der Waals surface area contributed by atoms with Crippen molar-refractivity contribution in [1.29, 1.82) is 0 Å².